The fourth-order valence-electron chi connectivity index (χ4n) is 2.68. The van der Waals surface area contributed by atoms with Crippen molar-refractivity contribution in [2.24, 2.45) is 0 Å². The highest BCUT2D eigenvalue weighted by atomic mass is 16.6. The average molecular weight is 366 g/mol. The van der Waals surface area contributed by atoms with Crippen molar-refractivity contribution in [3.05, 3.63) is 29.8 Å². The van der Waals surface area contributed by atoms with E-state index < -0.39 is 12.1 Å². The first-order chi connectivity index (χ1) is 12.5. The van der Waals surface area contributed by atoms with E-state index in [1.807, 2.05) is 0 Å². The Bertz CT molecular complexity index is 584. The van der Waals surface area contributed by atoms with E-state index in [0.717, 1.165) is 0 Å². The number of aliphatic hydroxyl groups excluding tert-OH is 1. The molecular weight excluding hydrogens is 340 g/mol. The number of methoxy groups -OCH3 is 1. The van der Waals surface area contributed by atoms with Crippen molar-refractivity contribution in [2.75, 3.05) is 53.0 Å². The lowest BCUT2D eigenvalue weighted by molar-refractivity contribution is 0.0407. The van der Waals surface area contributed by atoms with Gasteiger partial charge in [0, 0.05) is 32.7 Å². The molecule has 1 heterocycles. The van der Waals surface area contributed by atoms with Gasteiger partial charge in [-0.3, -0.25) is 4.90 Å². The summed E-state index contributed by atoms with van der Waals surface area (Å²) < 4.78 is 15.2. The molecule has 1 amide bonds. The molecule has 1 atom stereocenters. The molecule has 0 spiro atoms. The third kappa shape index (κ3) is 5.89. The number of hydrogen-bond donors (Lipinski definition) is 1. The van der Waals surface area contributed by atoms with E-state index in [-0.39, 0.29) is 12.7 Å². The molecular formula is C18H26N2O6. The largest absolute Gasteiger partial charge is 0.491 e. The first-order valence-electron chi connectivity index (χ1n) is 8.66. The number of hydrogen-bond acceptors (Lipinski definition) is 7. The van der Waals surface area contributed by atoms with Crippen LogP contribution in [0, 0.1) is 0 Å². The lowest BCUT2D eigenvalue weighted by Crippen LogP contribution is -2.51. The normalized spacial score (nSPS) is 16.0. The number of amides is 1. The van der Waals surface area contributed by atoms with Crippen molar-refractivity contribution in [2.45, 2.75) is 13.0 Å². The maximum absolute atomic E-state index is 11.7. The van der Waals surface area contributed by atoms with E-state index in [1.165, 1.54) is 7.11 Å². The van der Waals surface area contributed by atoms with Crippen LogP contribution in [-0.4, -0.2) is 86.1 Å². The molecule has 0 bridgehead atoms. The second-order valence-electron chi connectivity index (χ2n) is 5.97. The molecule has 1 saturated heterocycles. The molecule has 1 aromatic rings. The minimum Gasteiger partial charge on any atom is -0.491 e. The quantitative estimate of drug-likeness (QED) is 0.720. The molecule has 1 aliphatic heterocycles. The topological polar surface area (TPSA) is 88.5 Å². The number of esters is 1. The summed E-state index contributed by atoms with van der Waals surface area (Å²) in [6, 6.07) is 6.55. The predicted molar refractivity (Wildman–Crippen MR) is 94.3 cm³/mol. The molecule has 0 saturated carbocycles. The fraction of sp³-hybridized carbons (Fsp3) is 0.556. The third-order valence-corrected chi connectivity index (χ3v) is 4.09. The van der Waals surface area contributed by atoms with Crippen molar-refractivity contribution in [1.29, 1.82) is 0 Å². The van der Waals surface area contributed by atoms with E-state index in [4.69, 9.17) is 9.47 Å². The lowest BCUT2D eigenvalue weighted by atomic mass is 10.2. The van der Waals surface area contributed by atoms with Gasteiger partial charge in [-0.15, -0.1) is 0 Å². The number of benzene rings is 1. The third-order valence-electron chi connectivity index (χ3n) is 4.09. The van der Waals surface area contributed by atoms with E-state index in [9.17, 15) is 14.7 Å². The van der Waals surface area contributed by atoms with E-state index in [0.29, 0.717) is 50.6 Å². The van der Waals surface area contributed by atoms with E-state index in [1.54, 1.807) is 36.1 Å². The zero-order chi connectivity index (χ0) is 18.9. The molecule has 1 N–H and O–H groups in total. The van der Waals surface area contributed by atoms with Crippen molar-refractivity contribution in [3.8, 4) is 5.75 Å². The number of nitrogens with zero attached hydrogens (tertiary/aromatic N) is 2. The van der Waals surface area contributed by atoms with Crippen LogP contribution in [0.15, 0.2) is 24.3 Å². The Labute approximate surface area is 153 Å². The first kappa shape index (κ1) is 20.0. The number of rotatable bonds is 7. The van der Waals surface area contributed by atoms with Crippen LogP contribution in [0.4, 0.5) is 4.79 Å². The number of piperazine rings is 1. The fourth-order valence-corrected chi connectivity index (χ4v) is 2.68. The summed E-state index contributed by atoms with van der Waals surface area (Å²) in [5.74, 6) is 0.169. The molecule has 1 aliphatic rings. The second-order valence-corrected chi connectivity index (χ2v) is 5.97. The highest BCUT2D eigenvalue weighted by molar-refractivity contribution is 5.89. The number of β-amino-alcohol motifs (C(OH)–C–C–N with tert-alkyl or cyclic N) is 1. The monoisotopic (exact) mass is 366 g/mol. The maximum atomic E-state index is 11.7. The van der Waals surface area contributed by atoms with Crippen LogP contribution >= 0.6 is 0 Å². The zero-order valence-electron chi connectivity index (χ0n) is 15.2. The first-order valence-corrected chi connectivity index (χ1v) is 8.66. The van der Waals surface area contributed by atoms with Crippen molar-refractivity contribution < 1.29 is 28.9 Å². The minimum absolute atomic E-state index is 0.148. The molecule has 2 rings (SSSR count). The van der Waals surface area contributed by atoms with Gasteiger partial charge in [-0.1, -0.05) is 0 Å². The number of carbonyl (C=O) groups is 2. The van der Waals surface area contributed by atoms with E-state index >= 15 is 0 Å². The van der Waals surface area contributed by atoms with Gasteiger partial charge < -0.3 is 24.2 Å². The van der Waals surface area contributed by atoms with Gasteiger partial charge >= 0.3 is 12.1 Å². The van der Waals surface area contributed by atoms with Crippen LogP contribution in [-0.2, 0) is 9.47 Å². The van der Waals surface area contributed by atoms with Gasteiger partial charge in [0.05, 0.1) is 19.3 Å². The van der Waals surface area contributed by atoms with Crippen molar-refractivity contribution >= 4 is 12.1 Å². The van der Waals surface area contributed by atoms with Crippen LogP contribution in [0.25, 0.3) is 0 Å². The molecule has 0 unspecified atom stereocenters. The predicted octanol–water partition coefficient (Wildman–Crippen LogP) is 0.987. The van der Waals surface area contributed by atoms with Crippen LogP contribution in [0.1, 0.15) is 17.3 Å². The highest BCUT2D eigenvalue weighted by Gasteiger charge is 2.23. The minimum atomic E-state index is -0.649. The van der Waals surface area contributed by atoms with Crippen molar-refractivity contribution in [3.63, 3.8) is 0 Å². The van der Waals surface area contributed by atoms with Crippen LogP contribution < -0.4 is 4.74 Å². The summed E-state index contributed by atoms with van der Waals surface area (Å²) >= 11 is 0. The van der Waals surface area contributed by atoms with Crippen LogP contribution in [0.5, 0.6) is 5.75 Å². The van der Waals surface area contributed by atoms with Gasteiger partial charge in [0.15, 0.2) is 0 Å². The summed E-state index contributed by atoms with van der Waals surface area (Å²) in [6.45, 7) is 5.31. The van der Waals surface area contributed by atoms with Gasteiger partial charge in [-0.25, -0.2) is 9.59 Å². The number of ether oxygens (including phenoxy) is 3. The Kier molecular flexibility index (Phi) is 7.68. The van der Waals surface area contributed by atoms with Crippen LogP contribution in [0.3, 0.4) is 0 Å². The molecule has 8 nitrogen and oxygen atoms in total. The molecule has 8 heteroatoms. The van der Waals surface area contributed by atoms with Gasteiger partial charge in [0.25, 0.3) is 0 Å². The van der Waals surface area contributed by atoms with Crippen LogP contribution in [0.2, 0.25) is 0 Å². The molecule has 26 heavy (non-hydrogen) atoms. The Morgan fingerprint density at radius 3 is 2.38 bits per heavy atom. The Balaban J connectivity index is 1.70. The SMILES string of the molecule is CCOC(=O)N1CCN(C[C@@H](O)COc2ccc(C(=O)OC)cc2)CC1. The summed E-state index contributed by atoms with van der Waals surface area (Å²) in [6.07, 6.45) is -0.934. The standard InChI is InChI=1S/C18H26N2O6/c1-3-25-18(23)20-10-8-19(9-11-20)12-15(21)13-26-16-6-4-14(5-7-16)17(22)24-2/h4-7,15,21H,3,8-13H2,1-2H3/t15-/m1/s1. The summed E-state index contributed by atoms with van der Waals surface area (Å²) in [7, 11) is 1.33. The molecule has 0 radical (unpaired) electrons. The number of carbonyl (C=O) groups excluding carboxylic acids is 2. The molecule has 0 aliphatic carbocycles. The molecule has 1 aromatic carbocycles. The summed E-state index contributed by atoms with van der Waals surface area (Å²) in [4.78, 5) is 26.8. The smallest absolute Gasteiger partial charge is 0.409 e. The number of aliphatic hydroxyl groups is 1. The zero-order valence-corrected chi connectivity index (χ0v) is 15.2. The van der Waals surface area contributed by atoms with Gasteiger partial charge in [0.2, 0.25) is 0 Å². The van der Waals surface area contributed by atoms with Gasteiger partial charge in [0.1, 0.15) is 18.5 Å². The highest BCUT2D eigenvalue weighted by Crippen LogP contribution is 2.13. The average Bonchev–Trinajstić information content (AvgIpc) is 2.67. The second kappa shape index (κ2) is 9.98. The Morgan fingerprint density at radius 2 is 1.81 bits per heavy atom. The molecule has 144 valence electrons. The van der Waals surface area contributed by atoms with Crippen molar-refractivity contribution in [1.82, 2.24) is 9.80 Å². The Morgan fingerprint density at radius 1 is 1.15 bits per heavy atom. The maximum Gasteiger partial charge on any atom is 0.409 e. The van der Waals surface area contributed by atoms with Gasteiger partial charge in [-0.05, 0) is 31.2 Å². The molecule has 1 fully saturated rings. The lowest BCUT2D eigenvalue weighted by Gasteiger charge is -2.34. The summed E-state index contributed by atoms with van der Waals surface area (Å²) in [5, 5.41) is 10.2. The van der Waals surface area contributed by atoms with Gasteiger partial charge in [-0.2, -0.15) is 0 Å². The molecule has 0 aromatic heterocycles. The summed E-state index contributed by atoms with van der Waals surface area (Å²) in [5.41, 5.74) is 0.444. The van der Waals surface area contributed by atoms with E-state index in [2.05, 4.69) is 9.64 Å². The Hall–Kier alpha value is -2.32.